The van der Waals surface area contributed by atoms with Crippen molar-refractivity contribution in [3.63, 3.8) is 0 Å². The molecule has 0 spiro atoms. The monoisotopic (exact) mass is 336 g/mol. The molecule has 0 aliphatic rings. The predicted octanol–water partition coefficient (Wildman–Crippen LogP) is 4.85. The Labute approximate surface area is 127 Å². The minimum atomic E-state index is -1.01. The maximum Gasteiger partial charge on any atom is 0.347 e. The number of aromatic carboxylic acids is 1. The molecule has 0 radical (unpaired) electrons. The van der Waals surface area contributed by atoms with Gasteiger partial charge in [-0.15, -0.1) is 0 Å². The summed E-state index contributed by atoms with van der Waals surface area (Å²) in [6.45, 7) is 1.63. The first kappa shape index (κ1) is 14.4. The second-order valence-electron chi connectivity index (χ2n) is 3.61. The minimum Gasteiger partial charge on any atom is -0.477 e. The number of rotatable bonds is 3. The van der Waals surface area contributed by atoms with Gasteiger partial charge in [0.1, 0.15) is 4.88 Å². The average Bonchev–Trinajstić information content (AvgIpc) is 2.67. The van der Waals surface area contributed by atoms with Crippen LogP contribution in [-0.4, -0.2) is 16.1 Å². The molecule has 0 aliphatic carbocycles. The number of carboxylic acid groups (broad SMARTS) is 1. The number of nitrogens with zero attached hydrogens (tertiary/aromatic N) is 1. The summed E-state index contributed by atoms with van der Waals surface area (Å²) in [5.41, 5.74) is 0.956. The molecule has 0 saturated carbocycles. The van der Waals surface area contributed by atoms with Crippen LogP contribution in [0.5, 0.6) is 0 Å². The van der Waals surface area contributed by atoms with Crippen molar-refractivity contribution < 1.29 is 9.90 Å². The van der Waals surface area contributed by atoms with Crippen LogP contribution in [0.15, 0.2) is 12.1 Å². The van der Waals surface area contributed by atoms with E-state index >= 15 is 0 Å². The molecule has 0 fully saturated rings. The fourth-order valence-corrected chi connectivity index (χ4v) is 2.79. The van der Waals surface area contributed by atoms with Crippen LogP contribution in [0, 0.1) is 6.92 Å². The normalized spacial score (nSPS) is 10.5. The van der Waals surface area contributed by atoms with Gasteiger partial charge in [-0.05, 0) is 19.1 Å². The maximum absolute atomic E-state index is 10.9. The van der Waals surface area contributed by atoms with E-state index in [0.29, 0.717) is 31.6 Å². The molecule has 1 heterocycles. The number of carbonyl (C=O) groups is 1. The molecule has 0 aliphatic heterocycles. The number of carboxylic acids is 1. The van der Waals surface area contributed by atoms with E-state index in [1.807, 2.05) is 0 Å². The number of nitrogens with one attached hydrogen (secondary N) is 1. The summed E-state index contributed by atoms with van der Waals surface area (Å²) in [4.78, 5) is 15.2. The lowest BCUT2D eigenvalue weighted by atomic mass is 10.3. The molecule has 100 valence electrons. The van der Waals surface area contributed by atoms with Gasteiger partial charge in [0.05, 0.1) is 26.4 Å². The molecule has 4 nitrogen and oxygen atoms in total. The third-order valence-corrected chi connectivity index (χ3v) is 4.34. The van der Waals surface area contributed by atoms with Crippen LogP contribution >= 0.6 is 46.1 Å². The van der Waals surface area contributed by atoms with Crippen LogP contribution in [-0.2, 0) is 0 Å². The Kier molecular flexibility index (Phi) is 4.20. The summed E-state index contributed by atoms with van der Waals surface area (Å²) < 4.78 is 0. The molecular weight excluding hydrogens is 331 g/mol. The van der Waals surface area contributed by atoms with Gasteiger partial charge in [-0.1, -0.05) is 46.1 Å². The standard InChI is InChI=1S/C11H7Cl3N2O2S/c1-4-9(10(17)18)19-11(15-4)16-8-3-6(13)5(12)2-7(8)14/h2-3H,1H3,(H,15,16)(H,17,18). The second-order valence-corrected chi connectivity index (χ2v) is 5.83. The topological polar surface area (TPSA) is 62.2 Å². The molecule has 0 atom stereocenters. The van der Waals surface area contributed by atoms with Gasteiger partial charge in [0.15, 0.2) is 5.13 Å². The van der Waals surface area contributed by atoms with E-state index in [1.54, 1.807) is 13.0 Å². The second kappa shape index (κ2) is 5.54. The number of benzene rings is 1. The smallest absolute Gasteiger partial charge is 0.347 e. The van der Waals surface area contributed by atoms with Gasteiger partial charge in [-0.2, -0.15) is 0 Å². The van der Waals surface area contributed by atoms with Crippen molar-refractivity contribution in [2.45, 2.75) is 6.92 Å². The fourth-order valence-electron chi connectivity index (χ4n) is 1.38. The first-order valence-electron chi connectivity index (χ1n) is 5.00. The van der Waals surface area contributed by atoms with Crippen molar-refractivity contribution in [2.75, 3.05) is 5.32 Å². The van der Waals surface area contributed by atoms with E-state index in [1.165, 1.54) is 6.07 Å². The quantitative estimate of drug-likeness (QED) is 0.786. The van der Waals surface area contributed by atoms with Gasteiger partial charge in [0, 0.05) is 0 Å². The highest BCUT2D eigenvalue weighted by atomic mass is 35.5. The highest BCUT2D eigenvalue weighted by Gasteiger charge is 2.15. The fraction of sp³-hybridized carbons (Fsp3) is 0.0909. The number of aromatic nitrogens is 1. The lowest BCUT2D eigenvalue weighted by molar-refractivity contribution is 0.0701. The van der Waals surface area contributed by atoms with Crippen LogP contribution in [0.25, 0.3) is 0 Å². The van der Waals surface area contributed by atoms with E-state index in [4.69, 9.17) is 39.9 Å². The summed E-state index contributed by atoms with van der Waals surface area (Å²) in [7, 11) is 0. The number of hydrogen-bond acceptors (Lipinski definition) is 4. The van der Waals surface area contributed by atoms with Crippen molar-refractivity contribution in [1.82, 2.24) is 4.98 Å². The Hall–Kier alpha value is -1.01. The van der Waals surface area contributed by atoms with Gasteiger partial charge >= 0.3 is 5.97 Å². The molecule has 19 heavy (non-hydrogen) atoms. The summed E-state index contributed by atoms with van der Waals surface area (Å²) in [5.74, 6) is -1.01. The Bertz CT molecular complexity index is 658. The third kappa shape index (κ3) is 3.12. The minimum absolute atomic E-state index is 0.179. The van der Waals surface area contributed by atoms with Crippen molar-refractivity contribution in [3.05, 3.63) is 37.8 Å². The SMILES string of the molecule is Cc1nc(Nc2cc(Cl)c(Cl)cc2Cl)sc1C(=O)O. The van der Waals surface area contributed by atoms with E-state index in [9.17, 15) is 4.79 Å². The number of halogens is 3. The molecule has 2 aromatic rings. The zero-order chi connectivity index (χ0) is 14.2. The van der Waals surface area contributed by atoms with Crippen molar-refractivity contribution in [2.24, 2.45) is 0 Å². The number of anilines is 2. The highest BCUT2D eigenvalue weighted by Crippen LogP contribution is 2.35. The third-order valence-electron chi connectivity index (χ3n) is 2.24. The number of thiazole rings is 1. The largest absolute Gasteiger partial charge is 0.477 e. The van der Waals surface area contributed by atoms with Crippen LogP contribution in [0.4, 0.5) is 10.8 Å². The number of aryl methyl sites for hydroxylation is 1. The zero-order valence-corrected chi connectivity index (χ0v) is 12.6. The van der Waals surface area contributed by atoms with E-state index in [0.717, 1.165) is 11.3 Å². The molecule has 2 rings (SSSR count). The van der Waals surface area contributed by atoms with Gasteiger partial charge in [0.2, 0.25) is 0 Å². The van der Waals surface area contributed by atoms with Crippen LogP contribution < -0.4 is 5.32 Å². The van der Waals surface area contributed by atoms with E-state index < -0.39 is 5.97 Å². The number of hydrogen-bond donors (Lipinski definition) is 2. The summed E-state index contributed by atoms with van der Waals surface area (Å²) in [6, 6.07) is 3.07. The molecule has 0 saturated heterocycles. The van der Waals surface area contributed by atoms with E-state index in [2.05, 4.69) is 10.3 Å². The molecule has 1 aromatic carbocycles. The average molecular weight is 338 g/mol. The Morgan fingerprint density at radius 3 is 2.47 bits per heavy atom. The predicted molar refractivity (Wildman–Crippen MR) is 78.6 cm³/mol. The lowest BCUT2D eigenvalue weighted by Gasteiger charge is -2.06. The first-order valence-corrected chi connectivity index (χ1v) is 6.96. The zero-order valence-electron chi connectivity index (χ0n) is 9.50. The van der Waals surface area contributed by atoms with Crippen LogP contribution in [0.3, 0.4) is 0 Å². The van der Waals surface area contributed by atoms with Gasteiger partial charge < -0.3 is 10.4 Å². The Morgan fingerprint density at radius 2 is 1.89 bits per heavy atom. The molecule has 0 amide bonds. The lowest BCUT2D eigenvalue weighted by Crippen LogP contribution is -1.94. The summed E-state index contributed by atoms with van der Waals surface area (Å²) in [5, 5.41) is 13.4. The maximum atomic E-state index is 10.9. The van der Waals surface area contributed by atoms with E-state index in [-0.39, 0.29) is 4.88 Å². The highest BCUT2D eigenvalue weighted by molar-refractivity contribution is 7.17. The van der Waals surface area contributed by atoms with Gasteiger partial charge in [0.25, 0.3) is 0 Å². The molecule has 2 N–H and O–H groups in total. The van der Waals surface area contributed by atoms with Gasteiger partial charge in [-0.25, -0.2) is 9.78 Å². The molecule has 0 bridgehead atoms. The Balaban J connectivity index is 2.34. The van der Waals surface area contributed by atoms with Gasteiger partial charge in [-0.3, -0.25) is 0 Å². The summed E-state index contributed by atoms with van der Waals surface area (Å²) >= 11 is 18.8. The summed E-state index contributed by atoms with van der Waals surface area (Å²) in [6.07, 6.45) is 0. The van der Waals surface area contributed by atoms with Crippen molar-refractivity contribution in [3.8, 4) is 0 Å². The first-order chi connectivity index (χ1) is 8.88. The van der Waals surface area contributed by atoms with Crippen LogP contribution in [0.1, 0.15) is 15.4 Å². The van der Waals surface area contributed by atoms with Crippen molar-refractivity contribution in [1.29, 1.82) is 0 Å². The van der Waals surface area contributed by atoms with Crippen LogP contribution in [0.2, 0.25) is 15.1 Å². The Morgan fingerprint density at radius 1 is 1.26 bits per heavy atom. The molecule has 1 aromatic heterocycles. The molecule has 0 unspecified atom stereocenters. The van der Waals surface area contributed by atoms with Crippen molar-refractivity contribution >= 4 is 62.9 Å². The molecule has 8 heteroatoms. The molecular formula is C11H7Cl3N2O2S.